The molecule has 0 spiro atoms. The average molecular weight is 256 g/mol. The highest BCUT2D eigenvalue weighted by atomic mass is 16.5. The molecule has 0 bridgehead atoms. The second kappa shape index (κ2) is 5.55. The molecule has 1 atom stereocenters. The first kappa shape index (κ1) is 13.8. The molecule has 5 heteroatoms. The van der Waals surface area contributed by atoms with Crippen LogP contribution in [-0.2, 0) is 14.3 Å². The van der Waals surface area contributed by atoms with Crippen molar-refractivity contribution in [3.05, 3.63) is 0 Å². The Morgan fingerprint density at radius 2 is 2.11 bits per heavy atom. The molecule has 0 radical (unpaired) electrons. The molecule has 5 nitrogen and oxygen atoms in total. The Morgan fingerprint density at radius 3 is 2.67 bits per heavy atom. The highest BCUT2D eigenvalue weighted by Crippen LogP contribution is 2.26. The lowest BCUT2D eigenvalue weighted by Gasteiger charge is -2.35. The van der Waals surface area contributed by atoms with Gasteiger partial charge in [-0.15, -0.1) is 0 Å². The van der Waals surface area contributed by atoms with Gasteiger partial charge < -0.3 is 20.1 Å². The zero-order chi connectivity index (χ0) is 13.1. The Bertz CT molecular complexity index is 295. The van der Waals surface area contributed by atoms with Gasteiger partial charge in [0.1, 0.15) is 5.60 Å². The molecule has 2 saturated heterocycles. The molecule has 1 amide bonds. The van der Waals surface area contributed by atoms with Gasteiger partial charge >= 0.3 is 0 Å². The number of rotatable bonds is 4. The minimum atomic E-state index is -0.653. The largest absolute Gasteiger partial charge is 0.373 e. The van der Waals surface area contributed by atoms with E-state index >= 15 is 0 Å². The zero-order valence-electron chi connectivity index (χ0n) is 11.4. The van der Waals surface area contributed by atoms with Crippen LogP contribution in [0.4, 0.5) is 0 Å². The second-order valence-electron chi connectivity index (χ2n) is 5.53. The number of ether oxygens (including phenoxy) is 2. The van der Waals surface area contributed by atoms with Crippen LogP contribution in [0.2, 0.25) is 0 Å². The van der Waals surface area contributed by atoms with Crippen molar-refractivity contribution in [3.63, 3.8) is 0 Å². The minimum Gasteiger partial charge on any atom is -0.373 e. The summed E-state index contributed by atoms with van der Waals surface area (Å²) in [6, 6.07) is 0. The van der Waals surface area contributed by atoms with Crippen LogP contribution in [0.3, 0.4) is 0 Å². The van der Waals surface area contributed by atoms with Gasteiger partial charge in [0.15, 0.2) is 0 Å². The predicted octanol–water partition coefficient (Wildman–Crippen LogP) is 0.440. The smallest absolute Gasteiger partial charge is 0.252 e. The summed E-state index contributed by atoms with van der Waals surface area (Å²) in [4.78, 5) is 12.3. The first-order valence-electron chi connectivity index (χ1n) is 6.78. The summed E-state index contributed by atoms with van der Waals surface area (Å²) < 4.78 is 11.2. The molecule has 2 heterocycles. The van der Waals surface area contributed by atoms with Crippen molar-refractivity contribution in [3.8, 4) is 0 Å². The molecule has 2 rings (SSSR count). The number of amides is 1. The Kier molecular flexibility index (Phi) is 4.25. The van der Waals surface area contributed by atoms with Crippen molar-refractivity contribution in [2.24, 2.45) is 0 Å². The van der Waals surface area contributed by atoms with E-state index in [1.807, 2.05) is 0 Å². The monoisotopic (exact) mass is 256 g/mol. The van der Waals surface area contributed by atoms with Gasteiger partial charge in [0.05, 0.1) is 5.60 Å². The van der Waals surface area contributed by atoms with Gasteiger partial charge in [-0.1, -0.05) is 0 Å². The van der Waals surface area contributed by atoms with E-state index < -0.39 is 5.60 Å². The van der Waals surface area contributed by atoms with Gasteiger partial charge in [0.2, 0.25) is 0 Å². The molecule has 0 aromatic rings. The van der Waals surface area contributed by atoms with Gasteiger partial charge in [0.25, 0.3) is 5.91 Å². The summed E-state index contributed by atoms with van der Waals surface area (Å²) in [6.45, 7) is 5.09. The van der Waals surface area contributed by atoms with E-state index in [9.17, 15) is 4.79 Å². The molecule has 0 aromatic heterocycles. The fraction of sp³-hybridized carbons (Fsp3) is 0.923. The molecule has 0 aliphatic carbocycles. The van der Waals surface area contributed by atoms with Crippen molar-refractivity contribution in [1.29, 1.82) is 0 Å². The maximum Gasteiger partial charge on any atom is 0.252 e. The van der Waals surface area contributed by atoms with Crippen LogP contribution in [0, 0.1) is 0 Å². The van der Waals surface area contributed by atoms with Gasteiger partial charge in [-0.2, -0.15) is 0 Å². The van der Waals surface area contributed by atoms with E-state index in [4.69, 9.17) is 9.47 Å². The zero-order valence-corrected chi connectivity index (χ0v) is 11.4. The number of carbonyl (C=O) groups excluding carboxylic acids is 1. The number of carbonyl (C=O) groups is 1. The van der Waals surface area contributed by atoms with Crippen molar-refractivity contribution in [2.45, 2.75) is 43.8 Å². The van der Waals surface area contributed by atoms with Crippen LogP contribution >= 0.6 is 0 Å². The van der Waals surface area contributed by atoms with E-state index in [0.29, 0.717) is 6.54 Å². The van der Waals surface area contributed by atoms with E-state index in [2.05, 4.69) is 17.6 Å². The number of hydrogen-bond donors (Lipinski definition) is 2. The second-order valence-corrected chi connectivity index (χ2v) is 5.53. The van der Waals surface area contributed by atoms with Crippen LogP contribution in [0.1, 0.15) is 32.6 Å². The minimum absolute atomic E-state index is 0.00299. The molecule has 104 valence electrons. The van der Waals surface area contributed by atoms with Crippen molar-refractivity contribution < 1.29 is 14.3 Å². The number of piperidine rings is 1. The van der Waals surface area contributed by atoms with Gasteiger partial charge in [-0.3, -0.25) is 4.79 Å². The fourth-order valence-electron chi connectivity index (χ4n) is 2.76. The van der Waals surface area contributed by atoms with Crippen LogP contribution < -0.4 is 10.6 Å². The van der Waals surface area contributed by atoms with Gasteiger partial charge in [-0.05, 0) is 45.7 Å². The molecule has 0 aromatic carbocycles. The fourth-order valence-corrected chi connectivity index (χ4v) is 2.76. The molecule has 2 aliphatic heterocycles. The summed E-state index contributed by atoms with van der Waals surface area (Å²) in [5.74, 6) is 0.00299. The third kappa shape index (κ3) is 2.84. The number of nitrogens with one attached hydrogen (secondary N) is 2. The quantitative estimate of drug-likeness (QED) is 0.766. The molecule has 2 aliphatic rings. The third-order valence-electron chi connectivity index (χ3n) is 4.14. The first-order valence-corrected chi connectivity index (χ1v) is 6.78. The van der Waals surface area contributed by atoms with Crippen LogP contribution in [-0.4, -0.2) is 50.5 Å². The average Bonchev–Trinajstić information content (AvgIpc) is 2.84. The van der Waals surface area contributed by atoms with Crippen molar-refractivity contribution in [1.82, 2.24) is 10.6 Å². The molecular weight excluding hydrogens is 232 g/mol. The Labute approximate surface area is 109 Å². The lowest BCUT2D eigenvalue weighted by Crippen LogP contribution is -2.56. The summed E-state index contributed by atoms with van der Waals surface area (Å²) in [5, 5.41) is 6.26. The Hall–Kier alpha value is -0.650. The first-order chi connectivity index (χ1) is 8.60. The molecule has 0 saturated carbocycles. The van der Waals surface area contributed by atoms with Crippen molar-refractivity contribution >= 4 is 5.91 Å². The van der Waals surface area contributed by atoms with Crippen LogP contribution in [0.15, 0.2) is 0 Å². The van der Waals surface area contributed by atoms with E-state index in [-0.39, 0.29) is 11.5 Å². The highest BCUT2D eigenvalue weighted by Gasteiger charge is 2.41. The summed E-state index contributed by atoms with van der Waals surface area (Å²) in [6.07, 6.45) is 3.54. The van der Waals surface area contributed by atoms with E-state index in [1.165, 1.54) is 0 Å². The standard InChI is InChI=1S/C13H24N2O3/c1-12(4-3-9-18-12)10-15-11(16)13(17-2)5-7-14-8-6-13/h14H,3-10H2,1-2H3,(H,15,16). The van der Waals surface area contributed by atoms with Crippen LogP contribution in [0.25, 0.3) is 0 Å². The molecular formula is C13H24N2O3. The molecule has 18 heavy (non-hydrogen) atoms. The normalized spacial score (nSPS) is 31.2. The molecule has 2 fully saturated rings. The number of hydrogen-bond acceptors (Lipinski definition) is 4. The maximum atomic E-state index is 12.3. The van der Waals surface area contributed by atoms with Gasteiger partial charge in [-0.25, -0.2) is 0 Å². The Balaban J connectivity index is 1.89. The summed E-state index contributed by atoms with van der Waals surface area (Å²) >= 11 is 0. The van der Waals surface area contributed by atoms with Crippen LogP contribution in [0.5, 0.6) is 0 Å². The highest BCUT2D eigenvalue weighted by molar-refractivity contribution is 5.85. The summed E-state index contributed by atoms with van der Waals surface area (Å²) in [7, 11) is 1.62. The number of methoxy groups -OCH3 is 1. The molecule has 2 N–H and O–H groups in total. The van der Waals surface area contributed by atoms with E-state index in [0.717, 1.165) is 45.4 Å². The van der Waals surface area contributed by atoms with E-state index in [1.54, 1.807) is 7.11 Å². The maximum absolute atomic E-state index is 12.3. The lowest BCUT2D eigenvalue weighted by molar-refractivity contribution is -0.147. The lowest BCUT2D eigenvalue weighted by atomic mass is 9.90. The topological polar surface area (TPSA) is 59.6 Å². The predicted molar refractivity (Wildman–Crippen MR) is 68.4 cm³/mol. The third-order valence-corrected chi connectivity index (χ3v) is 4.14. The summed E-state index contributed by atoms with van der Waals surface area (Å²) in [5.41, 5.74) is -0.849. The van der Waals surface area contributed by atoms with Gasteiger partial charge in [0, 0.05) is 20.3 Å². The SMILES string of the molecule is COC1(C(=O)NCC2(C)CCCO2)CCNCC1. The van der Waals surface area contributed by atoms with Crippen molar-refractivity contribution in [2.75, 3.05) is 33.4 Å². The Morgan fingerprint density at radius 1 is 1.39 bits per heavy atom. The molecule has 1 unspecified atom stereocenters.